The summed E-state index contributed by atoms with van der Waals surface area (Å²) in [6.07, 6.45) is 0. The molecule has 2 aromatic carbocycles. The van der Waals surface area contributed by atoms with Crippen LogP contribution >= 0.6 is 15.9 Å². The van der Waals surface area contributed by atoms with Gasteiger partial charge in [0.05, 0.1) is 16.2 Å². The molecule has 2 rings (SSSR count). The van der Waals surface area contributed by atoms with Gasteiger partial charge in [0.25, 0.3) is 11.6 Å². The Labute approximate surface area is 128 Å². The van der Waals surface area contributed by atoms with Gasteiger partial charge in [-0.1, -0.05) is 22.0 Å². The molecule has 0 aliphatic heterocycles. The Hall–Kier alpha value is -2.72. The Morgan fingerprint density at radius 2 is 2.05 bits per heavy atom. The average molecular weight is 346 g/mol. The van der Waals surface area contributed by atoms with Crippen LogP contribution in [-0.2, 0) is 0 Å². The minimum Gasteiger partial charge on any atom is -0.321 e. The molecule has 0 fully saturated rings. The molecule has 0 saturated heterocycles. The van der Waals surface area contributed by atoms with Gasteiger partial charge in [0.15, 0.2) is 0 Å². The molecule has 104 valence electrons. The summed E-state index contributed by atoms with van der Waals surface area (Å²) < 4.78 is 0.704. The molecule has 1 N–H and O–H groups in total. The Morgan fingerprint density at radius 3 is 2.71 bits per heavy atom. The SMILES string of the molecule is N#Cc1ccc(Br)cc1NC(=O)c1cccc([N+](=O)[O-])c1. The van der Waals surface area contributed by atoms with Gasteiger partial charge in [0, 0.05) is 22.2 Å². The molecule has 2 aromatic rings. The smallest absolute Gasteiger partial charge is 0.270 e. The van der Waals surface area contributed by atoms with Crippen LogP contribution in [0.15, 0.2) is 46.9 Å². The third-order valence-corrected chi connectivity index (χ3v) is 3.16. The van der Waals surface area contributed by atoms with Crippen molar-refractivity contribution in [2.75, 3.05) is 5.32 Å². The van der Waals surface area contributed by atoms with Gasteiger partial charge in [-0.05, 0) is 24.3 Å². The number of rotatable bonds is 3. The van der Waals surface area contributed by atoms with Crippen molar-refractivity contribution in [2.24, 2.45) is 0 Å². The van der Waals surface area contributed by atoms with Gasteiger partial charge < -0.3 is 5.32 Å². The Morgan fingerprint density at radius 1 is 1.29 bits per heavy atom. The van der Waals surface area contributed by atoms with Crippen LogP contribution in [0.5, 0.6) is 0 Å². The van der Waals surface area contributed by atoms with E-state index in [1.807, 2.05) is 6.07 Å². The van der Waals surface area contributed by atoms with Crippen LogP contribution in [-0.4, -0.2) is 10.8 Å². The first-order valence-corrected chi connectivity index (χ1v) is 6.56. The quantitative estimate of drug-likeness (QED) is 0.680. The second kappa shape index (κ2) is 6.15. The second-order valence-electron chi connectivity index (χ2n) is 4.06. The maximum absolute atomic E-state index is 12.1. The maximum Gasteiger partial charge on any atom is 0.270 e. The fraction of sp³-hybridized carbons (Fsp3) is 0. The summed E-state index contributed by atoms with van der Waals surface area (Å²) in [5.74, 6) is -0.520. The van der Waals surface area contributed by atoms with Crippen molar-refractivity contribution in [1.82, 2.24) is 0 Å². The van der Waals surface area contributed by atoms with Gasteiger partial charge >= 0.3 is 0 Å². The molecule has 7 heteroatoms. The number of nitriles is 1. The first-order chi connectivity index (χ1) is 10.0. The van der Waals surface area contributed by atoms with Crippen molar-refractivity contribution >= 4 is 33.2 Å². The lowest BCUT2D eigenvalue weighted by Gasteiger charge is -2.07. The summed E-state index contributed by atoms with van der Waals surface area (Å²) in [5, 5.41) is 22.3. The van der Waals surface area contributed by atoms with Crippen LogP contribution in [0.4, 0.5) is 11.4 Å². The van der Waals surface area contributed by atoms with Crippen LogP contribution in [0.25, 0.3) is 0 Å². The minimum atomic E-state index is -0.573. The van der Waals surface area contributed by atoms with E-state index in [4.69, 9.17) is 5.26 Å². The van der Waals surface area contributed by atoms with Crippen LogP contribution in [0.2, 0.25) is 0 Å². The van der Waals surface area contributed by atoms with Gasteiger partial charge in [0.2, 0.25) is 0 Å². The van der Waals surface area contributed by atoms with Crippen LogP contribution in [0.3, 0.4) is 0 Å². The molecule has 0 unspecified atom stereocenters. The molecule has 0 saturated carbocycles. The Bertz CT molecular complexity index is 768. The van der Waals surface area contributed by atoms with Gasteiger partial charge in [-0.15, -0.1) is 0 Å². The molecule has 0 bridgehead atoms. The molecular formula is C14H8BrN3O3. The molecule has 21 heavy (non-hydrogen) atoms. The number of hydrogen-bond donors (Lipinski definition) is 1. The van der Waals surface area contributed by atoms with Crippen molar-refractivity contribution in [2.45, 2.75) is 0 Å². The predicted molar refractivity (Wildman–Crippen MR) is 79.9 cm³/mol. The number of amides is 1. The van der Waals surface area contributed by atoms with Crippen molar-refractivity contribution in [3.8, 4) is 6.07 Å². The normalized spacial score (nSPS) is 9.71. The molecule has 0 aliphatic rings. The van der Waals surface area contributed by atoms with Crippen molar-refractivity contribution in [3.63, 3.8) is 0 Å². The molecular weight excluding hydrogens is 338 g/mol. The van der Waals surface area contributed by atoms with Gasteiger partial charge in [0.1, 0.15) is 6.07 Å². The zero-order valence-electron chi connectivity index (χ0n) is 10.5. The largest absolute Gasteiger partial charge is 0.321 e. The number of nitrogens with zero attached hydrogens (tertiary/aromatic N) is 2. The van der Waals surface area contributed by atoms with Crippen molar-refractivity contribution < 1.29 is 9.72 Å². The number of nitro groups is 1. The van der Waals surface area contributed by atoms with Gasteiger partial charge in [-0.25, -0.2) is 0 Å². The van der Waals surface area contributed by atoms with E-state index in [2.05, 4.69) is 21.2 Å². The lowest BCUT2D eigenvalue weighted by Crippen LogP contribution is -2.13. The molecule has 0 spiro atoms. The first kappa shape index (κ1) is 14.7. The standard InChI is InChI=1S/C14H8BrN3O3/c15-11-5-4-10(8-16)13(7-11)17-14(19)9-2-1-3-12(6-9)18(20)21/h1-7H,(H,17,19). The lowest BCUT2D eigenvalue weighted by molar-refractivity contribution is -0.384. The number of carbonyl (C=O) groups is 1. The number of hydrogen-bond acceptors (Lipinski definition) is 4. The molecule has 6 nitrogen and oxygen atoms in total. The summed E-state index contributed by atoms with van der Waals surface area (Å²) >= 11 is 3.25. The Kier molecular flexibility index (Phi) is 4.30. The van der Waals surface area contributed by atoms with Gasteiger partial charge in [-0.2, -0.15) is 5.26 Å². The van der Waals surface area contributed by atoms with E-state index in [0.717, 1.165) is 0 Å². The summed E-state index contributed by atoms with van der Waals surface area (Å²) in [4.78, 5) is 22.2. The van der Waals surface area contributed by atoms with Crippen LogP contribution < -0.4 is 5.32 Å². The van der Waals surface area contributed by atoms with E-state index in [1.165, 1.54) is 24.3 Å². The summed E-state index contributed by atoms with van der Waals surface area (Å²) in [6, 6.07) is 12.2. The number of non-ortho nitro benzene ring substituents is 1. The zero-order chi connectivity index (χ0) is 15.4. The van der Waals surface area contributed by atoms with E-state index in [1.54, 1.807) is 18.2 Å². The summed E-state index contributed by atoms with van der Waals surface area (Å²) in [5.41, 5.74) is 0.617. The molecule has 0 aromatic heterocycles. The maximum atomic E-state index is 12.1. The molecule has 0 aliphatic carbocycles. The molecule has 1 amide bonds. The third-order valence-electron chi connectivity index (χ3n) is 2.67. The van der Waals surface area contributed by atoms with E-state index in [0.29, 0.717) is 15.7 Å². The molecule has 0 atom stereocenters. The summed E-state index contributed by atoms with van der Waals surface area (Å²) in [6.45, 7) is 0. The van der Waals surface area contributed by atoms with E-state index in [-0.39, 0.29) is 11.3 Å². The van der Waals surface area contributed by atoms with E-state index in [9.17, 15) is 14.9 Å². The second-order valence-corrected chi connectivity index (χ2v) is 4.98. The number of halogens is 1. The number of carbonyl (C=O) groups excluding carboxylic acids is 1. The molecule has 0 radical (unpaired) electrons. The number of anilines is 1. The monoisotopic (exact) mass is 345 g/mol. The zero-order valence-corrected chi connectivity index (χ0v) is 12.1. The highest BCUT2D eigenvalue weighted by Crippen LogP contribution is 2.22. The number of benzene rings is 2. The molecule has 0 heterocycles. The Balaban J connectivity index is 2.30. The van der Waals surface area contributed by atoms with Gasteiger partial charge in [-0.3, -0.25) is 14.9 Å². The van der Waals surface area contributed by atoms with E-state index >= 15 is 0 Å². The van der Waals surface area contributed by atoms with Crippen molar-refractivity contribution in [1.29, 1.82) is 5.26 Å². The summed E-state index contributed by atoms with van der Waals surface area (Å²) in [7, 11) is 0. The average Bonchev–Trinajstić information content (AvgIpc) is 2.47. The number of nitro benzene ring substituents is 1. The fourth-order valence-corrected chi connectivity index (χ4v) is 2.03. The predicted octanol–water partition coefficient (Wildman–Crippen LogP) is 3.48. The van der Waals surface area contributed by atoms with E-state index < -0.39 is 10.8 Å². The highest BCUT2D eigenvalue weighted by molar-refractivity contribution is 9.10. The number of nitrogens with one attached hydrogen (secondary N) is 1. The first-order valence-electron chi connectivity index (χ1n) is 5.76. The fourth-order valence-electron chi connectivity index (χ4n) is 1.67. The highest BCUT2D eigenvalue weighted by atomic mass is 79.9. The van der Waals surface area contributed by atoms with Crippen LogP contribution in [0.1, 0.15) is 15.9 Å². The topological polar surface area (TPSA) is 96.0 Å². The highest BCUT2D eigenvalue weighted by Gasteiger charge is 2.13. The third kappa shape index (κ3) is 3.43. The lowest BCUT2D eigenvalue weighted by atomic mass is 10.1. The van der Waals surface area contributed by atoms with Crippen LogP contribution in [0, 0.1) is 21.4 Å². The van der Waals surface area contributed by atoms with Crippen molar-refractivity contribution in [3.05, 3.63) is 68.2 Å². The minimum absolute atomic E-state index is 0.146.